The van der Waals surface area contributed by atoms with E-state index in [2.05, 4.69) is 5.16 Å². The molecule has 0 fully saturated rings. The van der Waals surface area contributed by atoms with E-state index in [0.29, 0.717) is 5.03 Å². The fraction of sp³-hybridized carbons (Fsp3) is 0. The molecule has 0 atom stereocenters. The van der Waals surface area contributed by atoms with Gasteiger partial charge >= 0.3 is 0 Å². The van der Waals surface area contributed by atoms with Crippen molar-refractivity contribution in [1.29, 1.82) is 0 Å². The van der Waals surface area contributed by atoms with Gasteiger partial charge in [0.1, 0.15) is 0 Å². The summed E-state index contributed by atoms with van der Waals surface area (Å²) in [5.74, 6) is 0. The lowest BCUT2D eigenvalue weighted by atomic mass is 10.2. The van der Waals surface area contributed by atoms with E-state index in [4.69, 9.17) is 16.8 Å². The number of allylic oxidation sites excluding steroid dienone is 1. The van der Waals surface area contributed by atoms with E-state index in [-0.39, 0.29) is 0 Å². The number of nitrogens with zero attached hydrogens (tertiary/aromatic N) is 1. The molecule has 3 heteroatoms. The van der Waals surface area contributed by atoms with Crippen molar-refractivity contribution in [3.8, 4) is 0 Å². The zero-order valence-corrected chi connectivity index (χ0v) is 7.07. The third kappa shape index (κ3) is 2.40. The summed E-state index contributed by atoms with van der Waals surface area (Å²) in [6.45, 7) is 0. The Morgan fingerprint density at radius 1 is 1.33 bits per heavy atom. The Morgan fingerprint density at radius 3 is 2.58 bits per heavy atom. The van der Waals surface area contributed by atoms with Gasteiger partial charge in [-0.3, -0.25) is 0 Å². The van der Waals surface area contributed by atoms with Gasteiger partial charge in [-0.1, -0.05) is 47.1 Å². The first-order valence-corrected chi connectivity index (χ1v) is 3.81. The van der Waals surface area contributed by atoms with Crippen LogP contribution in [0.5, 0.6) is 0 Å². The van der Waals surface area contributed by atoms with Crippen LogP contribution in [0, 0.1) is 0 Å². The maximum atomic E-state index is 8.13. The average molecular weight is 182 g/mol. The van der Waals surface area contributed by atoms with Gasteiger partial charge in [-0.2, -0.15) is 0 Å². The minimum Gasteiger partial charge on any atom is -0.411 e. The summed E-state index contributed by atoms with van der Waals surface area (Å²) in [6.07, 6.45) is 2.76. The predicted octanol–water partition coefficient (Wildman–Crippen LogP) is 2.73. The van der Waals surface area contributed by atoms with Gasteiger partial charge in [0.25, 0.3) is 0 Å². The lowest BCUT2D eigenvalue weighted by molar-refractivity contribution is 0.322. The van der Waals surface area contributed by atoms with Crippen molar-refractivity contribution in [3.05, 3.63) is 42.0 Å². The first kappa shape index (κ1) is 8.81. The Kier molecular flexibility index (Phi) is 3.35. The summed E-state index contributed by atoms with van der Waals surface area (Å²) in [5, 5.41) is 11.5. The quantitative estimate of drug-likeness (QED) is 0.425. The minimum absolute atomic E-state index is 0.549. The molecule has 0 aromatic heterocycles. The summed E-state index contributed by atoms with van der Waals surface area (Å²) >= 11 is 5.84. The van der Waals surface area contributed by atoms with Crippen molar-refractivity contribution in [2.75, 3.05) is 0 Å². The van der Waals surface area contributed by atoms with Crippen molar-refractivity contribution in [2.24, 2.45) is 5.16 Å². The number of hydrogen-bond donors (Lipinski definition) is 1. The zero-order valence-electron chi connectivity index (χ0n) is 6.31. The lowest BCUT2D eigenvalue weighted by Gasteiger charge is -1.94. The molecular formula is C9H8ClNO. The predicted molar refractivity (Wildman–Crippen MR) is 50.6 cm³/mol. The van der Waals surface area contributed by atoms with Gasteiger partial charge in [0.05, 0.1) is 6.21 Å². The Morgan fingerprint density at radius 2 is 2.00 bits per heavy atom. The molecule has 1 aromatic carbocycles. The van der Waals surface area contributed by atoms with Crippen molar-refractivity contribution in [2.45, 2.75) is 0 Å². The van der Waals surface area contributed by atoms with Crippen LogP contribution in [0.2, 0.25) is 0 Å². The molecule has 0 aliphatic heterocycles. The highest BCUT2D eigenvalue weighted by Gasteiger charge is 1.93. The molecule has 0 amide bonds. The van der Waals surface area contributed by atoms with Crippen molar-refractivity contribution < 1.29 is 5.21 Å². The van der Waals surface area contributed by atoms with E-state index in [0.717, 1.165) is 5.56 Å². The molecule has 1 aromatic rings. The Labute approximate surface area is 75.8 Å². The van der Waals surface area contributed by atoms with Crippen molar-refractivity contribution in [3.63, 3.8) is 0 Å². The second kappa shape index (κ2) is 4.57. The maximum Gasteiger partial charge on any atom is 0.0676 e. The van der Waals surface area contributed by atoms with Crippen LogP contribution in [0.1, 0.15) is 5.56 Å². The molecule has 0 unspecified atom stereocenters. The van der Waals surface area contributed by atoms with Gasteiger partial charge in [0, 0.05) is 5.03 Å². The van der Waals surface area contributed by atoms with Crippen LogP contribution >= 0.6 is 11.6 Å². The average Bonchev–Trinajstić information content (AvgIpc) is 2.15. The molecule has 0 heterocycles. The summed E-state index contributed by atoms with van der Waals surface area (Å²) < 4.78 is 0. The molecule has 0 bridgehead atoms. The van der Waals surface area contributed by atoms with E-state index >= 15 is 0 Å². The van der Waals surface area contributed by atoms with E-state index < -0.39 is 0 Å². The lowest BCUT2D eigenvalue weighted by Crippen LogP contribution is -1.75. The van der Waals surface area contributed by atoms with Crippen LogP contribution in [0.4, 0.5) is 0 Å². The summed E-state index contributed by atoms with van der Waals surface area (Å²) in [4.78, 5) is 0. The van der Waals surface area contributed by atoms with Crippen LogP contribution in [-0.4, -0.2) is 11.4 Å². The van der Waals surface area contributed by atoms with E-state index in [1.807, 2.05) is 30.3 Å². The molecule has 1 N–H and O–H groups in total. The molecule has 0 radical (unpaired) electrons. The number of benzene rings is 1. The molecule has 0 saturated heterocycles. The number of oxime groups is 1. The highest BCUT2D eigenvalue weighted by molar-refractivity contribution is 6.49. The Hall–Kier alpha value is -1.28. The molecule has 0 aliphatic carbocycles. The SMILES string of the molecule is ON=CC=C(Cl)c1ccccc1. The van der Waals surface area contributed by atoms with Gasteiger partial charge in [-0.15, -0.1) is 0 Å². The third-order valence-electron chi connectivity index (χ3n) is 1.34. The highest BCUT2D eigenvalue weighted by Crippen LogP contribution is 2.16. The second-order valence-corrected chi connectivity index (χ2v) is 2.55. The Bertz CT molecular complexity index is 293. The molecule has 2 nitrogen and oxygen atoms in total. The minimum atomic E-state index is 0.549. The number of rotatable bonds is 2. The Balaban J connectivity index is 2.85. The number of hydrogen-bond acceptors (Lipinski definition) is 2. The van der Waals surface area contributed by atoms with Gasteiger partial charge in [0.2, 0.25) is 0 Å². The summed E-state index contributed by atoms with van der Waals surface area (Å²) in [5.41, 5.74) is 0.902. The maximum absolute atomic E-state index is 8.13. The molecular weight excluding hydrogens is 174 g/mol. The molecule has 0 aliphatic rings. The van der Waals surface area contributed by atoms with E-state index in [1.165, 1.54) is 12.3 Å². The standard InChI is InChI=1S/C9H8ClNO/c10-9(6-7-11-12)8-4-2-1-3-5-8/h1-7,12H. The van der Waals surface area contributed by atoms with Gasteiger partial charge in [0.15, 0.2) is 0 Å². The normalized spacial score (nSPS) is 12.2. The summed E-state index contributed by atoms with van der Waals surface area (Å²) in [6, 6.07) is 9.45. The van der Waals surface area contributed by atoms with Crippen LogP contribution in [0.3, 0.4) is 0 Å². The fourth-order valence-electron chi connectivity index (χ4n) is 0.792. The topological polar surface area (TPSA) is 32.6 Å². The van der Waals surface area contributed by atoms with Crippen LogP contribution in [0.15, 0.2) is 41.6 Å². The van der Waals surface area contributed by atoms with Crippen molar-refractivity contribution in [1.82, 2.24) is 0 Å². The third-order valence-corrected chi connectivity index (χ3v) is 1.68. The van der Waals surface area contributed by atoms with Gasteiger partial charge in [-0.25, -0.2) is 0 Å². The highest BCUT2D eigenvalue weighted by atomic mass is 35.5. The number of halogens is 1. The molecule has 62 valence electrons. The van der Waals surface area contributed by atoms with Gasteiger partial charge in [-0.05, 0) is 11.6 Å². The van der Waals surface area contributed by atoms with Crippen LogP contribution in [-0.2, 0) is 0 Å². The van der Waals surface area contributed by atoms with Gasteiger partial charge < -0.3 is 5.21 Å². The fourth-order valence-corrected chi connectivity index (χ4v) is 0.975. The first-order valence-electron chi connectivity index (χ1n) is 3.43. The van der Waals surface area contributed by atoms with Crippen LogP contribution < -0.4 is 0 Å². The second-order valence-electron chi connectivity index (χ2n) is 2.15. The van der Waals surface area contributed by atoms with E-state index in [9.17, 15) is 0 Å². The van der Waals surface area contributed by atoms with Crippen LogP contribution in [0.25, 0.3) is 5.03 Å². The largest absolute Gasteiger partial charge is 0.411 e. The van der Waals surface area contributed by atoms with E-state index in [1.54, 1.807) is 0 Å². The molecule has 12 heavy (non-hydrogen) atoms. The monoisotopic (exact) mass is 181 g/mol. The first-order chi connectivity index (χ1) is 5.84. The molecule has 0 spiro atoms. The smallest absolute Gasteiger partial charge is 0.0676 e. The van der Waals surface area contributed by atoms with Crippen molar-refractivity contribution >= 4 is 22.8 Å². The molecule has 0 saturated carbocycles. The zero-order chi connectivity index (χ0) is 8.81. The molecule has 1 rings (SSSR count). The summed E-state index contributed by atoms with van der Waals surface area (Å²) in [7, 11) is 0.